The largest absolute Gasteiger partial charge is 0.392 e. The molecule has 0 spiro atoms. The lowest BCUT2D eigenvalue weighted by molar-refractivity contribution is 0.280. The summed E-state index contributed by atoms with van der Waals surface area (Å²) in [6.45, 7) is 2.93. The molecule has 20 heavy (non-hydrogen) atoms. The molecule has 0 bridgehead atoms. The first-order valence-electron chi connectivity index (χ1n) is 6.66. The molecule has 0 saturated carbocycles. The molecule has 0 radical (unpaired) electrons. The predicted octanol–water partition coefficient (Wildman–Crippen LogP) is 0.923. The smallest absolute Gasteiger partial charge is 0.242 e. The zero-order valence-electron chi connectivity index (χ0n) is 12.6. The first kappa shape index (κ1) is 17.1. The summed E-state index contributed by atoms with van der Waals surface area (Å²) in [5.41, 5.74) is 1.65. The van der Waals surface area contributed by atoms with Crippen molar-refractivity contribution in [1.82, 2.24) is 9.21 Å². The molecular formula is C14H24N2O3S. The number of rotatable bonds is 7. The van der Waals surface area contributed by atoms with Gasteiger partial charge in [0.15, 0.2) is 0 Å². The maximum absolute atomic E-state index is 12.4. The van der Waals surface area contributed by atoms with Crippen molar-refractivity contribution < 1.29 is 13.5 Å². The molecule has 114 valence electrons. The van der Waals surface area contributed by atoms with E-state index in [-0.39, 0.29) is 11.5 Å². The number of hydrogen-bond donors (Lipinski definition) is 1. The molecule has 0 atom stereocenters. The van der Waals surface area contributed by atoms with Crippen molar-refractivity contribution in [3.05, 3.63) is 29.3 Å². The monoisotopic (exact) mass is 300 g/mol. The number of aliphatic hydroxyl groups excluding tert-OH is 1. The molecule has 1 rings (SSSR count). The first-order valence-corrected chi connectivity index (χ1v) is 8.10. The Bertz CT molecular complexity index is 541. The van der Waals surface area contributed by atoms with Crippen LogP contribution in [0.3, 0.4) is 0 Å². The van der Waals surface area contributed by atoms with Gasteiger partial charge in [0.1, 0.15) is 0 Å². The van der Waals surface area contributed by atoms with Gasteiger partial charge in [-0.2, -0.15) is 4.31 Å². The Hall–Kier alpha value is -0.950. The van der Waals surface area contributed by atoms with E-state index in [1.165, 1.54) is 4.31 Å². The maximum Gasteiger partial charge on any atom is 0.242 e. The fourth-order valence-electron chi connectivity index (χ4n) is 1.90. The number of aliphatic hydroxyl groups is 1. The van der Waals surface area contributed by atoms with Crippen LogP contribution in [-0.4, -0.2) is 57.0 Å². The summed E-state index contributed by atoms with van der Waals surface area (Å²) < 4.78 is 26.2. The second kappa shape index (κ2) is 7.17. The van der Waals surface area contributed by atoms with Crippen LogP contribution in [0.1, 0.15) is 18.1 Å². The van der Waals surface area contributed by atoms with Crippen LogP contribution in [0, 0.1) is 0 Å². The van der Waals surface area contributed by atoms with Crippen molar-refractivity contribution in [2.24, 2.45) is 0 Å². The minimum atomic E-state index is -3.50. The summed E-state index contributed by atoms with van der Waals surface area (Å²) in [5, 5.41) is 9.34. The fraction of sp³-hybridized carbons (Fsp3) is 0.571. The van der Waals surface area contributed by atoms with Crippen molar-refractivity contribution in [3.8, 4) is 0 Å². The zero-order chi connectivity index (χ0) is 15.3. The van der Waals surface area contributed by atoms with Gasteiger partial charge >= 0.3 is 0 Å². The number of benzene rings is 1. The summed E-state index contributed by atoms with van der Waals surface area (Å²) in [6.07, 6.45) is 0.771. The van der Waals surface area contributed by atoms with E-state index in [0.29, 0.717) is 18.7 Å². The third-order valence-electron chi connectivity index (χ3n) is 3.30. The molecule has 0 aliphatic carbocycles. The highest BCUT2D eigenvalue weighted by Crippen LogP contribution is 2.19. The van der Waals surface area contributed by atoms with Crippen LogP contribution < -0.4 is 0 Å². The molecule has 0 fully saturated rings. The first-order chi connectivity index (χ1) is 9.32. The van der Waals surface area contributed by atoms with Gasteiger partial charge in [-0.25, -0.2) is 8.42 Å². The average Bonchev–Trinajstić information content (AvgIpc) is 2.43. The quantitative estimate of drug-likeness (QED) is 0.813. The van der Waals surface area contributed by atoms with E-state index in [2.05, 4.69) is 0 Å². The minimum Gasteiger partial charge on any atom is -0.392 e. The molecule has 0 amide bonds. The average molecular weight is 300 g/mol. The number of hydrogen-bond acceptors (Lipinski definition) is 4. The predicted molar refractivity (Wildman–Crippen MR) is 80.1 cm³/mol. The van der Waals surface area contributed by atoms with E-state index in [1.807, 2.05) is 25.9 Å². The van der Waals surface area contributed by atoms with E-state index in [9.17, 15) is 13.5 Å². The Labute approximate surface area is 121 Å². The molecule has 0 aliphatic rings. The SMILES string of the molecule is CCc1ccc(S(=O)(=O)N(C)CCN(C)C)cc1CO. The Kier molecular flexibility index (Phi) is 6.13. The van der Waals surface area contributed by atoms with Gasteiger partial charge in [-0.05, 0) is 43.8 Å². The highest BCUT2D eigenvalue weighted by atomic mass is 32.2. The van der Waals surface area contributed by atoms with Crippen LogP contribution in [0.4, 0.5) is 0 Å². The van der Waals surface area contributed by atoms with Crippen LogP contribution >= 0.6 is 0 Å². The molecule has 6 heteroatoms. The zero-order valence-corrected chi connectivity index (χ0v) is 13.4. The Morgan fingerprint density at radius 1 is 1.10 bits per heavy atom. The number of likely N-dealkylation sites (N-methyl/N-ethyl adjacent to an activating group) is 2. The Morgan fingerprint density at radius 3 is 2.25 bits per heavy atom. The van der Waals surface area contributed by atoms with Crippen molar-refractivity contribution >= 4 is 10.0 Å². The number of sulfonamides is 1. The molecule has 0 unspecified atom stereocenters. The van der Waals surface area contributed by atoms with Crippen LogP contribution in [0.15, 0.2) is 23.1 Å². The van der Waals surface area contributed by atoms with Crippen molar-refractivity contribution in [3.63, 3.8) is 0 Å². The van der Waals surface area contributed by atoms with E-state index in [1.54, 1.807) is 25.2 Å². The van der Waals surface area contributed by atoms with Gasteiger partial charge < -0.3 is 10.0 Å². The maximum atomic E-state index is 12.4. The van der Waals surface area contributed by atoms with Gasteiger partial charge in [-0.15, -0.1) is 0 Å². The number of aryl methyl sites for hydroxylation is 1. The Balaban J connectivity index is 3.03. The van der Waals surface area contributed by atoms with E-state index in [0.717, 1.165) is 12.0 Å². The summed E-state index contributed by atoms with van der Waals surface area (Å²) in [4.78, 5) is 2.17. The number of nitrogens with zero attached hydrogens (tertiary/aromatic N) is 2. The molecule has 1 N–H and O–H groups in total. The minimum absolute atomic E-state index is 0.145. The molecule has 0 saturated heterocycles. The lowest BCUT2D eigenvalue weighted by Gasteiger charge is -2.20. The van der Waals surface area contributed by atoms with Crippen molar-refractivity contribution in [2.75, 3.05) is 34.2 Å². The van der Waals surface area contributed by atoms with Crippen LogP contribution in [0.25, 0.3) is 0 Å². The highest BCUT2D eigenvalue weighted by Gasteiger charge is 2.21. The summed E-state index contributed by atoms with van der Waals surface area (Å²) in [7, 11) is 1.88. The Morgan fingerprint density at radius 2 is 1.75 bits per heavy atom. The molecule has 1 aromatic rings. The molecule has 0 heterocycles. The third kappa shape index (κ3) is 4.02. The normalized spacial score (nSPS) is 12.3. The van der Waals surface area contributed by atoms with E-state index in [4.69, 9.17) is 0 Å². The van der Waals surface area contributed by atoms with Crippen LogP contribution in [-0.2, 0) is 23.1 Å². The standard InChI is InChI=1S/C14H24N2O3S/c1-5-12-6-7-14(10-13(12)11-17)20(18,19)16(4)9-8-15(2)3/h6-7,10,17H,5,8-9,11H2,1-4H3. The topological polar surface area (TPSA) is 60.9 Å². The molecule has 1 aromatic carbocycles. The second-order valence-electron chi connectivity index (χ2n) is 5.07. The van der Waals surface area contributed by atoms with Gasteiger partial charge in [0.05, 0.1) is 11.5 Å². The van der Waals surface area contributed by atoms with Crippen molar-refractivity contribution in [1.29, 1.82) is 0 Å². The second-order valence-corrected chi connectivity index (χ2v) is 7.12. The van der Waals surface area contributed by atoms with E-state index >= 15 is 0 Å². The summed E-state index contributed by atoms with van der Waals surface area (Å²) in [5.74, 6) is 0. The molecule has 0 aromatic heterocycles. The summed E-state index contributed by atoms with van der Waals surface area (Å²) in [6, 6.07) is 4.96. The lowest BCUT2D eigenvalue weighted by atomic mass is 10.1. The van der Waals surface area contributed by atoms with Gasteiger partial charge in [-0.3, -0.25) is 0 Å². The fourth-order valence-corrected chi connectivity index (χ4v) is 3.11. The highest BCUT2D eigenvalue weighted by molar-refractivity contribution is 7.89. The molecule has 0 aliphatic heterocycles. The van der Waals surface area contributed by atoms with Gasteiger partial charge in [0, 0.05) is 20.1 Å². The molecule has 5 nitrogen and oxygen atoms in total. The van der Waals surface area contributed by atoms with E-state index < -0.39 is 10.0 Å². The molecular weight excluding hydrogens is 276 g/mol. The lowest BCUT2D eigenvalue weighted by Crippen LogP contribution is -2.33. The van der Waals surface area contributed by atoms with Gasteiger partial charge in [-0.1, -0.05) is 13.0 Å². The third-order valence-corrected chi connectivity index (χ3v) is 5.15. The van der Waals surface area contributed by atoms with Crippen LogP contribution in [0.2, 0.25) is 0 Å². The van der Waals surface area contributed by atoms with Crippen molar-refractivity contribution in [2.45, 2.75) is 24.8 Å². The van der Waals surface area contributed by atoms with Gasteiger partial charge in [0.2, 0.25) is 10.0 Å². The van der Waals surface area contributed by atoms with Gasteiger partial charge in [0.25, 0.3) is 0 Å². The summed E-state index contributed by atoms with van der Waals surface area (Å²) >= 11 is 0. The van der Waals surface area contributed by atoms with Crippen LogP contribution in [0.5, 0.6) is 0 Å².